The third kappa shape index (κ3) is 4.02. The van der Waals surface area contributed by atoms with E-state index < -0.39 is 0 Å². The standard InChI is InChI=1S/C24H27N5O2S/c1-5-13-28-22(31)18-10-6-7-12-19(18)29-23(28)26-27-24(29)32-14-20(30)25-21-16(4)9-8-11-17(21)15(2)3/h6-12,15H,5,13-14H2,1-4H3,(H,25,30). The molecular formula is C24H27N5O2S. The van der Waals surface area contributed by atoms with Crippen LogP contribution in [-0.4, -0.2) is 30.8 Å². The van der Waals surface area contributed by atoms with Crippen molar-refractivity contribution in [1.29, 1.82) is 0 Å². The van der Waals surface area contributed by atoms with Crippen LogP contribution in [0.4, 0.5) is 5.69 Å². The van der Waals surface area contributed by atoms with Gasteiger partial charge in [-0.15, -0.1) is 10.2 Å². The van der Waals surface area contributed by atoms with Crippen LogP contribution in [-0.2, 0) is 11.3 Å². The Kier molecular flexibility index (Phi) is 6.32. The number of carbonyl (C=O) groups is 1. The molecule has 0 aliphatic heterocycles. The largest absolute Gasteiger partial charge is 0.325 e. The van der Waals surface area contributed by atoms with Crippen LogP contribution in [0.25, 0.3) is 16.7 Å². The van der Waals surface area contributed by atoms with Gasteiger partial charge in [-0.05, 0) is 42.5 Å². The highest BCUT2D eigenvalue weighted by Gasteiger charge is 2.18. The number of nitrogens with zero attached hydrogens (tertiary/aromatic N) is 4. The molecule has 0 aliphatic carbocycles. The Labute approximate surface area is 190 Å². The number of nitrogens with one attached hydrogen (secondary N) is 1. The SMILES string of the molecule is CCCn1c(=O)c2ccccc2n2c(SCC(=O)Nc3c(C)cccc3C(C)C)nnc12. The topological polar surface area (TPSA) is 81.3 Å². The predicted molar refractivity (Wildman–Crippen MR) is 130 cm³/mol. The summed E-state index contributed by atoms with van der Waals surface area (Å²) < 4.78 is 3.53. The fraction of sp³-hybridized carbons (Fsp3) is 0.333. The fourth-order valence-electron chi connectivity index (χ4n) is 3.90. The van der Waals surface area contributed by atoms with E-state index in [9.17, 15) is 9.59 Å². The van der Waals surface area contributed by atoms with Crippen molar-refractivity contribution in [2.24, 2.45) is 0 Å². The van der Waals surface area contributed by atoms with Gasteiger partial charge in [0.2, 0.25) is 11.7 Å². The average molecular weight is 450 g/mol. The first-order valence-corrected chi connectivity index (χ1v) is 11.8. The van der Waals surface area contributed by atoms with Crippen molar-refractivity contribution in [3.05, 3.63) is 63.9 Å². The number of benzene rings is 2. The lowest BCUT2D eigenvalue weighted by atomic mass is 9.98. The first kappa shape index (κ1) is 22.1. The second-order valence-corrected chi connectivity index (χ2v) is 9.07. The van der Waals surface area contributed by atoms with Gasteiger partial charge >= 0.3 is 0 Å². The van der Waals surface area contributed by atoms with E-state index in [1.165, 1.54) is 11.8 Å². The normalized spacial score (nSPS) is 11.5. The molecule has 166 valence electrons. The molecule has 0 radical (unpaired) electrons. The molecule has 2 heterocycles. The number of hydrogen-bond acceptors (Lipinski definition) is 5. The summed E-state index contributed by atoms with van der Waals surface area (Å²) in [6.07, 6.45) is 0.806. The molecule has 2 aromatic heterocycles. The van der Waals surface area contributed by atoms with E-state index in [0.717, 1.165) is 28.8 Å². The minimum atomic E-state index is -0.103. The second-order valence-electron chi connectivity index (χ2n) is 8.12. The maximum absolute atomic E-state index is 12.9. The Hall–Kier alpha value is -3.13. The molecule has 0 fully saturated rings. The van der Waals surface area contributed by atoms with Gasteiger partial charge in [0.15, 0.2) is 5.16 Å². The maximum Gasteiger partial charge on any atom is 0.262 e. The van der Waals surface area contributed by atoms with Gasteiger partial charge in [0.25, 0.3) is 5.56 Å². The lowest BCUT2D eigenvalue weighted by molar-refractivity contribution is -0.113. The molecule has 1 N–H and O–H groups in total. The second kappa shape index (κ2) is 9.16. The zero-order valence-electron chi connectivity index (χ0n) is 18.8. The van der Waals surface area contributed by atoms with Crippen molar-refractivity contribution >= 4 is 40.0 Å². The Balaban J connectivity index is 1.65. The summed E-state index contributed by atoms with van der Waals surface area (Å²) in [7, 11) is 0. The molecule has 0 unspecified atom stereocenters. The molecule has 4 aromatic rings. The van der Waals surface area contributed by atoms with E-state index in [1.807, 2.05) is 60.7 Å². The zero-order valence-corrected chi connectivity index (χ0v) is 19.6. The summed E-state index contributed by atoms with van der Waals surface area (Å²) in [5.74, 6) is 0.891. The number of rotatable bonds is 7. The van der Waals surface area contributed by atoms with E-state index in [4.69, 9.17) is 0 Å². The molecule has 0 saturated carbocycles. The smallest absolute Gasteiger partial charge is 0.262 e. The molecule has 2 aromatic carbocycles. The first-order valence-electron chi connectivity index (χ1n) is 10.8. The van der Waals surface area contributed by atoms with Crippen LogP contribution in [0.5, 0.6) is 0 Å². The predicted octanol–water partition coefficient (Wildman–Crippen LogP) is 4.62. The molecule has 0 aliphatic rings. The van der Waals surface area contributed by atoms with Gasteiger partial charge in [-0.1, -0.05) is 62.9 Å². The quantitative estimate of drug-likeness (QED) is 0.417. The Morgan fingerprint density at radius 1 is 1.12 bits per heavy atom. The molecule has 8 heteroatoms. The molecular weight excluding hydrogens is 422 g/mol. The van der Waals surface area contributed by atoms with E-state index >= 15 is 0 Å². The Morgan fingerprint density at radius 2 is 1.91 bits per heavy atom. The number of para-hydroxylation sites is 2. The number of amides is 1. The van der Waals surface area contributed by atoms with Crippen LogP contribution in [0.2, 0.25) is 0 Å². The van der Waals surface area contributed by atoms with Gasteiger partial charge in [-0.2, -0.15) is 0 Å². The highest BCUT2D eigenvalue weighted by Crippen LogP contribution is 2.28. The van der Waals surface area contributed by atoms with Crippen LogP contribution < -0.4 is 10.9 Å². The Bertz CT molecular complexity index is 1360. The molecule has 4 rings (SSSR count). The van der Waals surface area contributed by atoms with E-state index in [-0.39, 0.29) is 17.2 Å². The minimum absolute atomic E-state index is 0.0718. The number of aromatic nitrogens is 4. The van der Waals surface area contributed by atoms with Gasteiger partial charge in [0.05, 0.1) is 16.7 Å². The summed E-state index contributed by atoms with van der Waals surface area (Å²) in [6, 6.07) is 13.5. The summed E-state index contributed by atoms with van der Waals surface area (Å²) in [5.41, 5.74) is 3.70. The van der Waals surface area contributed by atoms with Gasteiger partial charge < -0.3 is 5.32 Å². The van der Waals surface area contributed by atoms with Crippen molar-refractivity contribution in [2.45, 2.75) is 51.7 Å². The van der Waals surface area contributed by atoms with Crippen molar-refractivity contribution in [2.75, 3.05) is 11.1 Å². The third-order valence-electron chi connectivity index (χ3n) is 5.45. The molecule has 0 spiro atoms. The minimum Gasteiger partial charge on any atom is -0.325 e. The van der Waals surface area contributed by atoms with Crippen LogP contribution in [0, 0.1) is 6.92 Å². The van der Waals surface area contributed by atoms with E-state index in [1.54, 1.807) is 4.57 Å². The highest BCUT2D eigenvalue weighted by atomic mass is 32.2. The molecule has 0 atom stereocenters. The third-order valence-corrected chi connectivity index (χ3v) is 6.38. The van der Waals surface area contributed by atoms with Crippen molar-refractivity contribution in [1.82, 2.24) is 19.2 Å². The van der Waals surface area contributed by atoms with Crippen molar-refractivity contribution in [3.63, 3.8) is 0 Å². The van der Waals surface area contributed by atoms with Crippen LogP contribution in [0.15, 0.2) is 52.4 Å². The summed E-state index contributed by atoms with van der Waals surface area (Å²) in [5, 5.41) is 12.9. The number of thioether (sulfide) groups is 1. The fourth-order valence-corrected chi connectivity index (χ4v) is 4.64. The van der Waals surface area contributed by atoms with Gasteiger partial charge in [0.1, 0.15) is 0 Å². The molecule has 0 saturated heterocycles. The molecule has 7 nitrogen and oxygen atoms in total. The van der Waals surface area contributed by atoms with Crippen LogP contribution in [0.3, 0.4) is 0 Å². The van der Waals surface area contributed by atoms with Gasteiger partial charge in [-0.25, -0.2) is 0 Å². The summed E-state index contributed by atoms with van der Waals surface area (Å²) >= 11 is 1.31. The number of anilines is 1. The zero-order chi connectivity index (χ0) is 22.8. The maximum atomic E-state index is 12.9. The van der Waals surface area contributed by atoms with Crippen LogP contribution in [0.1, 0.15) is 44.2 Å². The van der Waals surface area contributed by atoms with Crippen molar-refractivity contribution < 1.29 is 4.79 Å². The van der Waals surface area contributed by atoms with Gasteiger partial charge in [0, 0.05) is 12.2 Å². The van der Waals surface area contributed by atoms with Crippen molar-refractivity contribution in [3.8, 4) is 0 Å². The van der Waals surface area contributed by atoms with Crippen LogP contribution >= 0.6 is 11.8 Å². The van der Waals surface area contributed by atoms with E-state index in [0.29, 0.717) is 28.8 Å². The molecule has 32 heavy (non-hydrogen) atoms. The monoisotopic (exact) mass is 449 g/mol. The number of hydrogen-bond donors (Lipinski definition) is 1. The molecule has 1 amide bonds. The lowest BCUT2D eigenvalue weighted by Crippen LogP contribution is -2.23. The van der Waals surface area contributed by atoms with Gasteiger partial charge in [-0.3, -0.25) is 18.6 Å². The number of aryl methyl sites for hydroxylation is 2. The summed E-state index contributed by atoms with van der Waals surface area (Å²) in [4.78, 5) is 25.8. The molecule has 0 bridgehead atoms. The van der Waals surface area contributed by atoms with E-state index in [2.05, 4.69) is 29.4 Å². The first-order chi connectivity index (χ1) is 15.4. The summed E-state index contributed by atoms with van der Waals surface area (Å²) in [6.45, 7) is 8.80. The number of fused-ring (bicyclic) bond motifs is 3. The Morgan fingerprint density at radius 3 is 2.66 bits per heavy atom. The average Bonchev–Trinajstić information content (AvgIpc) is 3.20. The highest BCUT2D eigenvalue weighted by molar-refractivity contribution is 7.99. The number of carbonyl (C=O) groups excluding carboxylic acids is 1. The lowest BCUT2D eigenvalue weighted by Gasteiger charge is -2.16.